The molecule has 1 aliphatic heterocycles. The molecule has 1 aliphatic carbocycles. The van der Waals surface area contributed by atoms with Crippen LogP contribution in [0, 0.1) is 18.3 Å². The second-order valence-corrected chi connectivity index (χ2v) is 13.0. The van der Waals surface area contributed by atoms with Crippen LogP contribution in [0.15, 0.2) is 51.9 Å². The fraction of sp³-hybridized carbons (Fsp3) is 0.483. The van der Waals surface area contributed by atoms with Crippen molar-refractivity contribution in [3.05, 3.63) is 54.2 Å². The van der Waals surface area contributed by atoms with E-state index >= 15 is 0 Å². The first-order valence-electron chi connectivity index (χ1n) is 14.6. The molecule has 2 aliphatic rings. The number of nitrogens with zero attached hydrogens (tertiary/aromatic N) is 4. The van der Waals surface area contributed by atoms with Crippen LogP contribution in [0.3, 0.4) is 0 Å². The highest BCUT2D eigenvalue weighted by Gasteiger charge is 2.38. The molecule has 2 heterocycles. The van der Waals surface area contributed by atoms with Gasteiger partial charge in [-0.05, 0) is 54.5 Å². The molecule has 2 amide bonds. The number of fused-ring (bicyclic) bond motifs is 1. The molecule has 3 aromatic rings. The number of likely N-dealkylation sites (tertiary alicyclic amines) is 1. The molecular weight excluding hydrogens is 608 g/mol. The Kier molecular flexibility index (Phi) is 10.8. The second-order valence-electron chi connectivity index (χ2n) is 11.3. The van der Waals surface area contributed by atoms with E-state index in [1.54, 1.807) is 28.9 Å². The van der Waals surface area contributed by atoms with E-state index in [0.717, 1.165) is 36.5 Å². The highest BCUT2D eigenvalue weighted by Crippen LogP contribution is 2.28. The minimum absolute atomic E-state index is 0. The number of hydrogen-bond acceptors (Lipinski definition) is 8. The molecule has 5 N–H and O–H groups in total. The molecular formula is C29H39ClN8O5S. The molecule has 2 atom stereocenters. The normalized spacial score (nSPS) is 17.5. The Labute approximate surface area is 262 Å². The molecule has 2 fully saturated rings. The van der Waals surface area contributed by atoms with Crippen molar-refractivity contribution in [1.29, 1.82) is 5.41 Å². The van der Waals surface area contributed by atoms with E-state index in [1.807, 2.05) is 24.3 Å². The third kappa shape index (κ3) is 8.45. The summed E-state index contributed by atoms with van der Waals surface area (Å²) in [6.45, 7) is 3.54. The highest BCUT2D eigenvalue weighted by molar-refractivity contribution is 7.89. The summed E-state index contributed by atoms with van der Waals surface area (Å²) in [5.74, 6) is 0.0505. The van der Waals surface area contributed by atoms with Gasteiger partial charge in [0, 0.05) is 45.6 Å². The van der Waals surface area contributed by atoms with Gasteiger partial charge in [0.25, 0.3) is 0 Å². The van der Waals surface area contributed by atoms with Gasteiger partial charge in [0.2, 0.25) is 27.7 Å². The Hall–Kier alpha value is -3.75. The van der Waals surface area contributed by atoms with Gasteiger partial charge in [0.05, 0.1) is 11.3 Å². The van der Waals surface area contributed by atoms with Gasteiger partial charge in [-0.15, -0.1) is 12.4 Å². The number of guanidine groups is 1. The van der Waals surface area contributed by atoms with Gasteiger partial charge in [-0.25, -0.2) is 8.42 Å². The zero-order chi connectivity index (χ0) is 30.6. The van der Waals surface area contributed by atoms with Gasteiger partial charge in [-0.3, -0.25) is 15.0 Å². The van der Waals surface area contributed by atoms with Gasteiger partial charge in [-0.1, -0.05) is 35.5 Å². The van der Waals surface area contributed by atoms with E-state index in [2.05, 4.69) is 20.2 Å². The van der Waals surface area contributed by atoms with E-state index in [9.17, 15) is 18.0 Å². The molecule has 0 bridgehead atoms. The van der Waals surface area contributed by atoms with E-state index in [-0.39, 0.29) is 48.2 Å². The second kappa shape index (κ2) is 14.4. The standard InChI is InChI=1S/C29H38N8O5S.ClH/c1-19-33-26(34-42-19)12-14-37(23-9-10-23)28(39)25(16-27(38)32-17-20-5-4-13-36(18-20)29(30)31)35-43(40,41)24-11-8-21-6-2-3-7-22(21)15-24;/h2-3,6-8,11,15,20,23,25,35H,4-5,9-10,12-14,16-18H2,1H3,(H3,30,31)(H,32,38);1H/t20?,25-;/m0./s1. The highest BCUT2D eigenvalue weighted by atomic mass is 35.5. The maximum absolute atomic E-state index is 13.9. The maximum atomic E-state index is 13.9. The van der Waals surface area contributed by atoms with Crippen LogP contribution in [0.1, 0.15) is 43.8 Å². The number of nitrogens with one attached hydrogen (secondary N) is 3. The molecule has 1 aromatic heterocycles. The summed E-state index contributed by atoms with van der Waals surface area (Å²) in [6, 6.07) is 10.8. The monoisotopic (exact) mass is 646 g/mol. The molecule has 0 spiro atoms. The van der Waals surface area contributed by atoms with Gasteiger partial charge in [0.15, 0.2) is 11.8 Å². The van der Waals surface area contributed by atoms with Crippen LogP contribution in [-0.2, 0) is 26.0 Å². The number of aromatic nitrogens is 2. The number of carbonyl (C=O) groups is 2. The molecule has 15 heteroatoms. The molecule has 13 nitrogen and oxygen atoms in total. The van der Waals surface area contributed by atoms with Crippen molar-refractivity contribution in [3.63, 3.8) is 0 Å². The molecule has 44 heavy (non-hydrogen) atoms. The number of piperidine rings is 1. The third-order valence-corrected chi connectivity index (χ3v) is 9.35. The minimum atomic E-state index is -4.16. The molecule has 1 saturated carbocycles. The van der Waals surface area contributed by atoms with Gasteiger partial charge in [-0.2, -0.15) is 9.71 Å². The van der Waals surface area contributed by atoms with Crippen LogP contribution in [0.2, 0.25) is 0 Å². The van der Waals surface area contributed by atoms with Crippen molar-refractivity contribution in [1.82, 2.24) is 30.0 Å². The largest absolute Gasteiger partial charge is 0.370 e. The summed E-state index contributed by atoms with van der Waals surface area (Å²) in [5, 5.41) is 16.1. The summed E-state index contributed by atoms with van der Waals surface area (Å²) in [6.07, 6.45) is 3.28. The van der Waals surface area contributed by atoms with Gasteiger partial charge < -0.3 is 25.4 Å². The SMILES string of the molecule is Cc1nc(CCN(C(=O)[C@H](CC(=O)NCC2CCCN(C(=N)N)C2)NS(=O)(=O)c2ccc3ccccc3c2)C2CC2)no1.Cl. The summed E-state index contributed by atoms with van der Waals surface area (Å²) >= 11 is 0. The summed E-state index contributed by atoms with van der Waals surface area (Å²) in [5.41, 5.74) is 5.64. The smallest absolute Gasteiger partial charge is 0.241 e. The average Bonchev–Trinajstić information content (AvgIpc) is 3.75. The van der Waals surface area contributed by atoms with Crippen LogP contribution in [0.5, 0.6) is 0 Å². The lowest BCUT2D eigenvalue weighted by molar-refractivity contribution is -0.136. The number of sulfonamides is 1. The predicted octanol–water partition coefficient (Wildman–Crippen LogP) is 1.95. The number of carbonyl (C=O) groups excluding carboxylic acids is 2. The van der Waals surface area contributed by atoms with Crippen LogP contribution in [0.4, 0.5) is 0 Å². The molecule has 238 valence electrons. The Morgan fingerprint density at radius 2 is 1.93 bits per heavy atom. The number of hydrogen-bond donors (Lipinski definition) is 4. The molecule has 0 radical (unpaired) electrons. The first-order valence-corrected chi connectivity index (χ1v) is 16.0. The molecule has 2 aromatic carbocycles. The number of rotatable bonds is 12. The Bertz CT molecular complexity index is 1600. The molecule has 1 saturated heterocycles. The number of halogens is 1. The van der Waals surface area contributed by atoms with Crippen LogP contribution in [0.25, 0.3) is 10.8 Å². The Morgan fingerprint density at radius 3 is 2.61 bits per heavy atom. The number of amides is 2. The summed E-state index contributed by atoms with van der Waals surface area (Å²) in [4.78, 5) is 34.7. The van der Waals surface area contributed by atoms with E-state index in [1.165, 1.54) is 6.07 Å². The van der Waals surface area contributed by atoms with Gasteiger partial charge >= 0.3 is 0 Å². The topological polar surface area (TPSA) is 188 Å². The lowest BCUT2D eigenvalue weighted by Crippen LogP contribution is -2.52. The van der Waals surface area contributed by atoms with Crippen molar-refractivity contribution in [2.24, 2.45) is 11.7 Å². The van der Waals surface area contributed by atoms with Crippen molar-refractivity contribution >= 4 is 51.0 Å². The van der Waals surface area contributed by atoms with E-state index in [4.69, 9.17) is 15.7 Å². The summed E-state index contributed by atoms with van der Waals surface area (Å²) in [7, 11) is -4.16. The number of benzene rings is 2. The quantitative estimate of drug-likeness (QED) is 0.168. The number of aryl methyl sites for hydroxylation is 1. The predicted molar refractivity (Wildman–Crippen MR) is 167 cm³/mol. The Balaban J connectivity index is 0.00000442. The Morgan fingerprint density at radius 1 is 1.18 bits per heavy atom. The fourth-order valence-electron chi connectivity index (χ4n) is 5.46. The third-order valence-electron chi connectivity index (χ3n) is 7.88. The van der Waals surface area contributed by atoms with Crippen LogP contribution in [-0.4, -0.2) is 84.4 Å². The van der Waals surface area contributed by atoms with Gasteiger partial charge in [0.1, 0.15) is 6.04 Å². The zero-order valence-corrected chi connectivity index (χ0v) is 26.2. The lowest BCUT2D eigenvalue weighted by Gasteiger charge is -2.33. The molecule has 5 rings (SSSR count). The number of nitrogens with two attached hydrogens (primary N) is 1. The first-order chi connectivity index (χ1) is 20.6. The van der Waals surface area contributed by atoms with Crippen molar-refractivity contribution in [3.8, 4) is 0 Å². The fourth-order valence-corrected chi connectivity index (χ4v) is 6.68. The lowest BCUT2D eigenvalue weighted by atomic mass is 9.98. The first kappa shape index (κ1) is 33.1. The maximum Gasteiger partial charge on any atom is 0.241 e. The van der Waals surface area contributed by atoms with Crippen molar-refractivity contribution in [2.45, 2.75) is 62.4 Å². The summed E-state index contributed by atoms with van der Waals surface area (Å²) < 4.78 is 34.8. The van der Waals surface area contributed by atoms with Crippen LogP contribution >= 0.6 is 12.4 Å². The van der Waals surface area contributed by atoms with Crippen LogP contribution < -0.4 is 15.8 Å². The average molecular weight is 647 g/mol. The zero-order valence-electron chi connectivity index (χ0n) is 24.6. The minimum Gasteiger partial charge on any atom is -0.370 e. The van der Waals surface area contributed by atoms with Crippen molar-refractivity contribution in [2.75, 3.05) is 26.2 Å². The van der Waals surface area contributed by atoms with Crippen molar-refractivity contribution < 1.29 is 22.5 Å². The molecule has 1 unspecified atom stereocenters. The van der Waals surface area contributed by atoms with E-state index < -0.39 is 27.9 Å². The van der Waals surface area contributed by atoms with E-state index in [0.29, 0.717) is 37.8 Å².